The third-order valence-electron chi connectivity index (χ3n) is 4.13. The topological polar surface area (TPSA) is 59.0 Å². The largest absolute Gasteiger partial charge is 0.486 e. The fourth-order valence-corrected chi connectivity index (χ4v) is 2.52. The number of halogens is 1. The molecule has 1 amide bonds. The lowest BCUT2D eigenvalue weighted by molar-refractivity contribution is 0.140. The minimum atomic E-state index is -0.910. The molecule has 2 aromatic carbocycles. The molecule has 5 nitrogen and oxygen atoms in total. The number of anilines is 1. The first-order valence-corrected chi connectivity index (χ1v) is 7.96. The van der Waals surface area contributed by atoms with Crippen LogP contribution in [0, 0.1) is 19.7 Å². The summed E-state index contributed by atoms with van der Waals surface area (Å²) in [6.07, 6.45) is -0.247. The number of hydroxylamine groups is 1. The van der Waals surface area contributed by atoms with Crippen molar-refractivity contribution in [1.29, 1.82) is 0 Å². The van der Waals surface area contributed by atoms with Crippen LogP contribution in [0.4, 0.5) is 14.9 Å². The summed E-state index contributed by atoms with van der Waals surface area (Å²) in [6, 6.07) is 8.22. The number of amides is 1. The van der Waals surface area contributed by atoms with Crippen LogP contribution in [0.25, 0.3) is 0 Å². The Morgan fingerprint density at radius 2 is 1.92 bits per heavy atom. The predicted molar refractivity (Wildman–Crippen MR) is 92.7 cm³/mol. The first-order valence-electron chi connectivity index (χ1n) is 7.96. The standard InChI is InChI=1S/C19H22FNO4/c1-5-14-7-6-8-17(21(23)19(22)24-4)15(14)11-25-18-10-13(3)12(2)9-16(18)20/h6-10,23H,5,11H2,1-4H3. The molecule has 0 aliphatic heterocycles. The Balaban J connectivity index is 2.35. The van der Waals surface area contributed by atoms with Crippen LogP contribution in [0.5, 0.6) is 5.75 Å². The van der Waals surface area contributed by atoms with Gasteiger partial charge in [0, 0.05) is 5.56 Å². The van der Waals surface area contributed by atoms with E-state index >= 15 is 0 Å². The van der Waals surface area contributed by atoms with Crippen molar-refractivity contribution in [2.24, 2.45) is 0 Å². The van der Waals surface area contributed by atoms with Crippen molar-refractivity contribution in [1.82, 2.24) is 0 Å². The van der Waals surface area contributed by atoms with E-state index in [1.165, 1.54) is 13.2 Å². The SMILES string of the molecule is CCc1cccc(N(O)C(=O)OC)c1COc1cc(C)c(C)cc1F. The van der Waals surface area contributed by atoms with Crippen LogP contribution in [0.1, 0.15) is 29.2 Å². The molecule has 134 valence electrons. The second-order valence-corrected chi connectivity index (χ2v) is 5.71. The van der Waals surface area contributed by atoms with Crippen molar-refractivity contribution < 1.29 is 23.9 Å². The van der Waals surface area contributed by atoms with E-state index in [4.69, 9.17) is 4.74 Å². The zero-order valence-electron chi connectivity index (χ0n) is 14.8. The van der Waals surface area contributed by atoms with E-state index in [9.17, 15) is 14.4 Å². The number of nitrogens with zero attached hydrogens (tertiary/aromatic N) is 1. The summed E-state index contributed by atoms with van der Waals surface area (Å²) >= 11 is 0. The molecule has 25 heavy (non-hydrogen) atoms. The molecule has 2 rings (SSSR count). The molecular formula is C19H22FNO4. The lowest BCUT2D eigenvalue weighted by Gasteiger charge is -2.20. The van der Waals surface area contributed by atoms with Gasteiger partial charge in [0.1, 0.15) is 6.61 Å². The minimum absolute atomic E-state index is 0.00677. The van der Waals surface area contributed by atoms with Gasteiger partial charge in [-0.1, -0.05) is 19.1 Å². The van der Waals surface area contributed by atoms with Crippen LogP contribution in [0.2, 0.25) is 0 Å². The maximum absolute atomic E-state index is 14.1. The Morgan fingerprint density at radius 3 is 2.56 bits per heavy atom. The minimum Gasteiger partial charge on any atom is -0.486 e. The maximum atomic E-state index is 14.1. The van der Waals surface area contributed by atoms with Gasteiger partial charge in [0.25, 0.3) is 0 Å². The van der Waals surface area contributed by atoms with Crippen LogP contribution in [0.15, 0.2) is 30.3 Å². The summed E-state index contributed by atoms with van der Waals surface area (Å²) in [5.74, 6) is -0.324. The molecule has 0 saturated heterocycles. The summed E-state index contributed by atoms with van der Waals surface area (Å²) in [6.45, 7) is 5.65. The van der Waals surface area contributed by atoms with Crippen molar-refractivity contribution in [3.63, 3.8) is 0 Å². The molecule has 6 heteroatoms. The van der Waals surface area contributed by atoms with Gasteiger partial charge in [-0.25, -0.2) is 9.18 Å². The van der Waals surface area contributed by atoms with Crippen molar-refractivity contribution in [3.05, 3.63) is 58.4 Å². The van der Waals surface area contributed by atoms with E-state index in [0.717, 1.165) is 16.7 Å². The van der Waals surface area contributed by atoms with E-state index in [1.54, 1.807) is 18.2 Å². The summed E-state index contributed by atoms with van der Waals surface area (Å²) < 4.78 is 24.3. The molecule has 0 radical (unpaired) electrons. The van der Waals surface area contributed by atoms with Crippen LogP contribution < -0.4 is 9.80 Å². The molecule has 0 atom stereocenters. The third kappa shape index (κ3) is 4.09. The molecule has 0 fully saturated rings. The number of rotatable bonds is 5. The van der Waals surface area contributed by atoms with Gasteiger partial charge in [0.15, 0.2) is 11.6 Å². The predicted octanol–water partition coefficient (Wildman–Crippen LogP) is 4.55. The zero-order valence-corrected chi connectivity index (χ0v) is 14.8. The lowest BCUT2D eigenvalue weighted by Crippen LogP contribution is -2.28. The van der Waals surface area contributed by atoms with Gasteiger partial charge in [-0.05, 0) is 55.2 Å². The summed E-state index contributed by atoms with van der Waals surface area (Å²) in [7, 11) is 1.18. The van der Waals surface area contributed by atoms with Crippen molar-refractivity contribution in [2.75, 3.05) is 12.2 Å². The second-order valence-electron chi connectivity index (χ2n) is 5.71. The first-order chi connectivity index (χ1) is 11.9. The number of aryl methyl sites for hydroxylation is 3. The molecule has 0 bridgehead atoms. The average molecular weight is 347 g/mol. The Bertz CT molecular complexity index is 776. The van der Waals surface area contributed by atoms with Gasteiger partial charge in [0.05, 0.1) is 12.8 Å². The Kier molecular flexibility index (Phi) is 5.98. The first kappa shape index (κ1) is 18.7. The molecule has 0 spiro atoms. The Hall–Kier alpha value is -2.60. The monoisotopic (exact) mass is 347 g/mol. The highest BCUT2D eigenvalue weighted by Gasteiger charge is 2.20. The van der Waals surface area contributed by atoms with Crippen molar-refractivity contribution in [3.8, 4) is 5.75 Å². The second kappa shape index (κ2) is 7.98. The molecule has 0 saturated carbocycles. The van der Waals surface area contributed by atoms with E-state index in [0.29, 0.717) is 17.0 Å². The average Bonchev–Trinajstić information content (AvgIpc) is 2.61. The highest BCUT2D eigenvalue weighted by molar-refractivity contribution is 5.86. The van der Waals surface area contributed by atoms with E-state index in [1.807, 2.05) is 26.8 Å². The van der Waals surface area contributed by atoms with Gasteiger partial charge >= 0.3 is 6.09 Å². The van der Waals surface area contributed by atoms with Crippen molar-refractivity contribution >= 4 is 11.8 Å². The molecule has 1 N–H and O–H groups in total. The molecule has 2 aromatic rings. The number of ether oxygens (including phenoxy) is 2. The van der Waals surface area contributed by atoms with Crippen LogP contribution in [-0.2, 0) is 17.8 Å². The number of carbonyl (C=O) groups is 1. The Morgan fingerprint density at radius 1 is 1.24 bits per heavy atom. The number of methoxy groups -OCH3 is 1. The molecule has 0 aliphatic rings. The Labute approximate surface area is 146 Å². The fraction of sp³-hybridized carbons (Fsp3) is 0.316. The molecule has 0 aromatic heterocycles. The summed E-state index contributed by atoms with van der Waals surface area (Å²) in [5, 5.41) is 10.5. The zero-order chi connectivity index (χ0) is 18.6. The van der Waals surface area contributed by atoms with E-state index < -0.39 is 11.9 Å². The lowest BCUT2D eigenvalue weighted by atomic mass is 10.0. The van der Waals surface area contributed by atoms with Gasteiger partial charge in [-0.15, -0.1) is 0 Å². The van der Waals surface area contributed by atoms with Crippen LogP contribution in [-0.4, -0.2) is 18.4 Å². The van der Waals surface area contributed by atoms with E-state index in [-0.39, 0.29) is 18.0 Å². The number of benzene rings is 2. The van der Waals surface area contributed by atoms with Crippen LogP contribution >= 0.6 is 0 Å². The summed E-state index contributed by atoms with van der Waals surface area (Å²) in [4.78, 5) is 11.6. The van der Waals surface area contributed by atoms with Gasteiger partial charge in [-0.2, -0.15) is 5.06 Å². The quantitative estimate of drug-likeness (QED) is 0.637. The van der Waals surface area contributed by atoms with Gasteiger partial charge < -0.3 is 9.47 Å². The van der Waals surface area contributed by atoms with Crippen LogP contribution in [0.3, 0.4) is 0 Å². The number of hydrogen-bond acceptors (Lipinski definition) is 4. The maximum Gasteiger partial charge on any atom is 0.438 e. The third-order valence-corrected chi connectivity index (χ3v) is 4.13. The number of hydrogen-bond donors (Lipinski definition) is 1. The smallest absolute Gasteiger partial charge is 0.438 e. The molecule has 0 heterocycles. The molecule has 0 aliphatic carbocycles. The molecular weight excluding hydrogens is 325 g/mol. The van der Waals surface area contributed by atoms with Gasteiger partial charge in [-0.3, -0.25) is 5.21 Å². The van der Waals surface area contributed by atoms with Gasteiger partial charge in [0.2, 0.25) is 0 Å². The highest BCUT2D eigenvalue weighted by Crippen LogP contribution is 2.28. The number of carbonyl (C=O) groups excluding carboxylic acids is 1. The fourth-order valence-electron chi connectivity index (χ4n) is 2.52. The van der Waals surface area contributed by atoms with Crippen molar-refractivity contribution in [2.45, 2.75) is 33.8 Å². The normalized spacial score (nSPS) is 10.5. The summed E-state index contributed by atoms with van der Waals surface area (Å²) in [5.41, 5.74) is 3.47. The molecule has 0 unspecified atom stereocenters. The highest BCUT2D eigenvalue weighted by atomic mass is 19.1. The van der Waals surface area contributed by atoms with E-state index in [2.05, 4.69) is 4.74 Å².